The molecule has 1 aliphatic rings. The van der Waals surface area contributed by atoms with Crippen molar-refractivity contribution in [1.29, 1.82) is 0 Å². The average molecular weight is 395 g/mol. The first-order valence-corrected chi connectivity index (χ1v) is 10.4. The van der Waals surface area contributed by atoms with E-state index in [1.54, 1.807) is 13.1 Å². The number of sulfonamides is 1. The number of nitrogens with one attached hydrogen (secondary N) is 1. The number of aliphatic imine (C=N–C) groups is 1. The number of nitrogens with zero attached hydrogens (tertiary/aromatic N) is 4. The lowest BCUT2D eigenvalue weighted by Gasteiger charge is -2.35. The van der Waals surface area contributed by atoms with Gasteiger partial charge in [0.2, 0.25) is 10.0 Å². The predicted octanol–water partition coefficient (Wildman–Crippen LogP) is 1.11. The first-order chi connectivity index (χ1) is 12.9. The molecule has 0 amide bonds. The van der Waals surface area contributed by atoms with E-state index >= 15 is 0 Å². The molecule has 1 fully saturated rings. The van der Waals surface area contributed by atoms with Crippen molar-refractivity contribution in [2.24, 2.45) is 4.99 Å². The zero-order valence-corrected chi connectivity index (χ0v) is 16.6. The first-order valence-electron chi connectivity index (χ1n) is 8.77. The lowest BCUT2D eigenvalue weighted by Crippen LogP contribution is -2.53. The van der Waals surface area contributed by atoms with Crippen LogP contribution >= 0.6 is 0 Å². The summed E-state index contributed by atoms with van der Waals surface area (Å²) in [4.78, 5) is 6.38. The van der Waals surface area contributed by atoms with E-state index in [9.17, 15) is 8.42 Å². The number of hydrogen-bond donors (Lipinski definition) is 1. The summed E-state index contributed by atoms with van der Waals surface area (Å²) in [6.07, 6.45) is 1.38. The van der Waals surface area contributed by atoms with Crippen molar-refractivity contribution in [2.75, 3.05) is 33.2 Å². The quantitative estimate of drug-likeness (QED) is 0.597. The molecule has 0 spiro atoms. The number of piperazine rings is 1. The van der Waals surface area contributed by atoms with E-state index in [0.717, 1.165) is 23.0 Å². The molecular formula is C17H25N5O4S. The Bertz CT molecular complexity index is 881. The number of aromatic nitrogens is 1. The second kappa shape index (κ2) is 8.13. The normalized spacial score (nSPS) is 16.7. The Labute approximate surface area is 159 Å². The topological polar surface area (TPSA) is 104 Å². The molecule has 0 aliphatic carbocycles. The fourth-order valence-electron chi connectivity index (χ4n) is 3.13. The van der Waals surface area contributed by atoms with Gasteiger partial charge in [-0.2, -0.15) is 4.31 Å². The summed E-state index contributed by atoms with van der Waals surface area (Å²) >= 11 is 0. The summed E-state index contributed by atoms with van der Waals surface area (Å²) in [5, 5.41) is 7.01. The SMILES string of the molecule is CN=C(NCc1cc(C)oc1C)N1CCN(S(=O)(=O)Cc2ccon2)CC1. The maximum absolute atomic E-state index is 12.5. The van der Waals surface area contributed by atoms with Gasteiger partial charge in [0.1, 0.15) is 23.5 Å². The minimum atomic E-state index is -3.41. The Morgan fingerprint density at radius 3 is 2.59 bits per heavy atom. The largest absolute Gasteiger partial charge is 0.466 e. The third-order valence-corrected chi connectivity index (χ3v) is 6.36. The average Bonchev–Trinajstić information content (AvgIpc) is 3.24. The molecule has 2 aromatic heterocycles. The van der Waals surface area contributed by atoms with Gasteiger partial charge in [-0.25, -0.2) is 8.42 Å². The maximum Gasteiger partial charge on any atom is 0.220 e. The fraction of sp³-hybridized carbons (Fsp3) is 0.529. The number of guanidine groups is 1. The van der Waals surface area contributed by atoms with E-state index < -0.39 is 10.0 Å². The van der Waals surface area contributed by atoms with Crippen LogP contribution in [0.2, 0.25) is 0 Å². The Hall–Kier alpha value is -2.33. The lowest BCUT2D eigenvalue weighted by atomic mass is 10.2. The third kappa shape index (κ3) is 4.69. The van der Waals surface area contributed by atoms with E-state index in [-0.39, 0.29) is 5.75 Å². The van der Waals surface area contributed by atoms with Crippen molar-refractivity contribution in [2.45, 2.75) is 26.1 Å². The number of rotatable bonds is 5. The van der Waals surface area contributed by atoms with Crippen LogP contribution in [-0.4, -0.2) is 62.0 Å². The van der Waals surface area contributed by atoms with Gasteiger partial charge in [-0.15, -0.1) is 0 Å². The molecule has 3 heterocycles. The molecule has 10 heteroatoms. The molecule has 0 aromatic carbocycles. The summed E-state index contributed by atoms with van der Waals surface area (Å²) < 4.78 is 36.8. The molecule has 1 N–H and O–H groups in total. The number of aryl methyl sites for hydroxylation is 2. The molecule has 27 heavy (non-hydrogen) atoms. The van der Waals surface area contributed by atoms with E-state index in [1.165, 1.54) is 10.6 Å². The molecule has 2 aromatic rings. The van der Waals surface area contributed by atoms with Crippen LogP contribution in [0.5, 0.6) is 0 Å². The van der Waals surface area contributed by atoms with Crippen molar-refractivity contribution in [3.8, 4) is 0 Å². The van der Waals surface area contributed by atoms with Gasteiger partial charge in [-0.3, -0.25) is 4.99 Å². The summed E-state index contributed by atoms with van der Waals surface area (Å²) in [7, 11) is -1.68. The highest BCUT2D eigenvalue weighted by Crippen LogP contribution is 2.15. The standard InChI is InChI=1S/C17H25N5O4S/c1-13-10-15(14(2)26-13)11-19-17(18-3)21-5-7-22(8-6-21)27(23,24)12-16-4-9-25-20-16/h4,9-10H,5-8,11-12H2,1-3H3,(H,18,19). The van der Waals surface area contributed by atoms with E-state index in [2.05, 4.69) is 20.4 Å². The van der Waals surface area contributed by atoms with Crippen molar-refractivity contribution in [1.82, 2.24) is 19.7 Å². The van der Waals surface area contributed by atoms with Crippen LogP contribution in [0.4, 0.5) is 0 Å². The van der Waals surface area contributed by atoms with Gasteiger partial charge in [0.15, 0.2) is 5.96 Å². The van der Waals surface area contributed by atoms with Gasteiger partial charge in [0.25, 0.3) is 0 Å². The van der Waals surface area contributed by atoms with Gasteiger partial charge in [0.05, 0.1) is 5.69 Å². The second-order valence-corrected chi connectivity index (χ2v) is 8.44. The van der Waals surface area contributed by atoms with Crippen LogP contribution in [0.15, 0.2) is 32.3 Å². The molecule has 9 nitrogen and oxygen atoms in total. The summed E-state index contributed by atoms with van der Waals surface area (Å²) in [5.41, 5.74) is 1.50. The molecule has 0 bridgehead atoms. The molecule has 0 unspecified atom stereocenters. The summed E-state index contributed by atoms with van der Waals surface area (Å²) in [6, 6.07) is 3.57. The van der Waals surface area contributed by atoms with Crippen LogP contribution in [0.1, 0.15) is 22.8 Å². The highest BCUT2D eigenvalue weighted by molar-refractivity contribution is 7.88. The Morgan fingerprint density at radius 1 is 1.30 bits per heavy atom. The molecule has 148 valence electrons. The molecular weight excluding hydrogens is 370 g/mol. The fourth-order valence-corrected chi connectivity index (χ4v) is 4.56. The number of hydrogen-bond acceptors (Lipinski definition) is 6. The lowest BCUT2D eigenvalue weighted by molar-refractivity contribution is 0.259. The second-order valence-electron chi connectivity index (χ2n) is 6.47. The molecule has 1 saturated heterocycles. The summed E-state index contributed by atoms with van der Waals surface area (Å²) in [6.45, 7) is 6.42. The zero-order valence-electron chi connectivity index (χ0n) is 15.8. The minimum absolute atomic E-state index is 0.143. The Morgan fingerprint density at radius 2 is 2.04 bits per heavy atom. The van der Waals surface area contributed by atoms with Crippen molar-refractivity contribution < 1.29 is 17.4 Å². The Balaban J connectivity index is 1.54. The van der Waals surface area contributed by atoms with E-state index in [0.29, 0.717) is 38.4 Å². The highest BCUT2D eigenvalue weighted by atomic mass is 32.2. The van der Waals surface area contributed by atoms with Crippen LogP contribution in [-0.2, 0) is 22.3 Å². The van der Waals surface area contributed by atoms with Crippen LogP contribution in [0.3, 0.4) is 0 Å². The third-order valence-electron chi connectivity index (χ3n) is 4.55. The maximum atomic E-state index is 12.5. The predicted molar refractivity (Wildman–Crippen MR) is 101 cm³/mol. The van der Waals surface area contributed by atoms with Crippen LogP contribution < -0.4 is 5.32 Å². The van der Waals surface area contributed by atoms with Gasteiger partial charge in [-0.05, 0) is 19.9 Å². The van der Waals surface area contributed by atoms with E-state index in [4.69, 9.17) is 8.94 Å². The van der Waals surface area contributed by atoms with Crippen LogP contribution in [0.25, 0.3) is 0 Å². The van der Waals surface area contributed by atoms with Gasteiger partial charge < -0.3 is 19.2 Å². The summed E-state index contributed by atoms with van der Waals surface area (Å²) in [5.74, 6) is 2.38. The zero-order chi connectivity index (χ0) is 19.4. The molecule has 0 radical (unpaired) electrons. The Kier molecular flexibility index (Phi) is 5.85. The van der Waals surface area contributed by atoms with Crippen molar-refractivity contribution in [3.63, 3.8) is 0 Å². The smallest absolute Gasteiger partial charge is 0.220 e. The molecule has 0 saturated carbocycles. The van der Waals surface area contributed by atoms with Gasteiger partial charge in [-0.1, -0.05) is 5.16 Å². The molecule has 3 rings (SSSR count). The molecule has 1 aliphatic heterocycles. The van der Waals surface area contributed by atoms with Crippen molar-refractivity contribution >= 4 is 16.0 Å². The van der Waals surface area contributed by atoms with Gasteiger partial charge in [0, 0.05) is 51.4 Å². The number of furan rings is 1. The minimum Gasteiger partial charge on any atom is -0.466 e. The monoisotopic (exact) mass is 395 g/mol. The first kappa shape index (κ1) is 19.4. The van der Waals surface area contributed by atoms with Gasteiger partial charge >= 0.3 is 0 Å². The molecule has 0 atom stereocenters. The van der Waals surface area contributed by atoms with E-state index in [1.807, 2.05) is 19.9 Å². The highest BCUT2D eigenvalue weighted by Gasteiger charge is 2.29. The van der Waals surface area contributed by atoms with Crippen molar-refractivity contribution in [3.05, 3.63) is 41.2 Å². The van der Waals surface area contributed by atoms with Crippen LogP contribution in [0, 0.1) is 13.8 Å².